The SMILES string of the molecule is c1ccc(-c2ccc3c(n2)c2ccc4sc5ccccc5c4c2n3-c2csc3ccccc23)cc1. The van der Waals surface area contributed by atoms with Crippen LogP contribution in [0.3, 0.4) is 0 Å². The molecule has 8 aromatic rings. The van der Waals surface area contributed by atoms with Gasteiger partial charge in [0.1, 0.15) is 0 Å². The minimum absolute atomic E-state index is 1.00. The summed E-state index contributed by atoms with van der Waals surface area (Å²) in [7, 11) is 0. The summed E-state index contributed by atoms with van der Waals surface area (Å²) in [5, 5.41) is 7.40. The van der Waals surface area contributed by atoms with E-state index in [9.17, 15) is 0 Å². The van der Waals surface area contributed by atoms with Gasteiger partial charge in [0.05, 0.1) is 27.9 Å². The standard InChI is InChI=1S/C31H18N2S2/c1-2-8-19(9-3-1)23-15-16-24-30(32-23)22-14-17-28-29(21-11-5-7-13-27(21)35-28)31(22)33(24)25-18-34-26-12-6-4-10-20(25)26/h1-18H. The fourth-order valence-electron chi connectivity index (χ4n) is 5.33. The van der Waals surface area contributed by atoms with Crippen LogP contribution in [-0.2, 0) is 0 Å². The second-order valence-corrected chi connectivity index (χ2v) is 10.8. The summed E-state index contributed by atoms with van der Waals surface area (Å²) in [6.45, 7) is 0. The highest BCUT2D eigenvalue weighted by atomic mass is 32.1. The van der Waals surface area contributed by atoms with Gasteiger partial charge in [-0.25, -0.2) is 4.98 Å². The van der Waals surface area contributed by atoms with Crippen molar-refractivity contribution in [1.82, 2.24) is 9.55 Å². The van der Waals surface area contributed by atoms with Gasteiger partial charge in [-0.1, -0.05) is 66.7 Å². The van der Waals surface area contributed by atoms with E-state index in [1.807, 2.05) is 17.4 Å². The third-order valence-corrected chi connectivity index (χ3v) is 8.97. The van der Waals surface area contributed by atoms with Crippen molar-refractivity contribution in [3.05, 3.63) is 109 Å². The van der Waals surface area contributed by atoms with Gasteiger partial charge in [-0.05, 0) is 36.4 Å². The Morgan fingerprint density at radius 1 is 0.600 bits per heavy atom. The van der Waals surface area contributed by atoms with Crippen molar-refractivity contribution in [3.8, 4) is 16.9 Å². The lowest BCUT2D eigenvalue weighted by Gasteiger charge is -2.08. The van der Waals surface area contributed by atoms with E-state index < -0.39 is 0 Å². The summed E-state index contributed by atoms with van der Waals surface area (Å²) >= 11 is 3.67. The van der Waals surface area contributed by atoms with Gasteiger partial charge in [-0.15, -0.1) is 22.7 Å². The van der Waals surface area contributed by atoms with Gasteiger partial charge >= 0.3 is 0 Å². The molecule has 0 fully saturated rings. The summed E-state index contributed by atoms with van der Waals surface area (Å²) in [4.78, 5) is 5.24. The average molecular weight is 483 g/mol. The molecular weight excluding hydrogens is 464 g/mol. The normalized spacial score (nSPS) is 12.0. The Morgan fingerprint density at radius 3 is 2.26 bits per heavy atom. The van der Waals surface area contributed by atoms with Gasteiger partial charge in [0.15, 0.2) is 0 Å². The van der Waals surface area contributed by atoms with Gasteiger partial charge in [-0.2, -0.15) is 0 Å². The molecule has 0 amide bonds. The fraction of sp³-hybridized carbons (Fsp3) is 0. The molecule has 0 aliphatic heterocycles. The van der Waals surface area contributed by atoms with Crippen LogP contribution in [0.5, 0.6) is 0 Å². The molecule has 4 aromatic heterocycles. The van der Waals surface area contributed by atoms with Crippen LogP contribution >= 0.6 is 22.7 Å². The van der Waals surface area contributed by atoms with Crippen molar-refractivity contribution in [3.63, 3.8) is 0 Å². The van der Waals surface area contributed by atoms with E-state index in [1.54, 1.807) is 11.3 Å². The smallest absolute Gasteiger partial charge is 0.0971 e. The second-order valence-electron chi connectivity index (χ2n) is 8.82. The number of benzene rings is 4. The highest BCUT2D eigenvalue weighted by Crippen LogP contribution is 2.44. The first-order chi connectivity index (χ1) is 17.4. The Hall–Kier alpha value is -3.99. The van der Waals surface area contributed by atoms with E-state index in [4.69, 9.17) is 4.98 Å². The predicted molar refractivity (Wildman–Crippen MR) is 152 cm³/mol. The zero-order valence-electron chi connectivity index (χ0n) is 18.6. The maximum atomic E-state index is 5.24. The maximum Gasteiger partial charge on any atom is 0.0971 e. The lowest BCUT2D eigenvalue weighted by atomic mass is 10.1. The summed E-state index contributed by atoms with van der Waals surface area (Å²) in [5.41, 5.74) is 6.81. The number of nitrogens with zero attached hydrogens (tertiary/aromatic N) is 2. The van der Waals surface area contributed by atoms with Gasteiger partial charge < -0.3 is 4.57 Å². The third-order valence-electron chi connectivity index (χ3n) is 6.88. The molecule has 0 aliphatic carbocycles. The van der Waals surface area contributed by atoms with E-state index in [0.717, 1.165) is 22.3 Å². The third kappa shape index (κ3) is 2.72. The molecule has 0 unspecified atom stereocenters. The van der Waals surface area contributed by atoms with Crippen LogP contribution in [0.1, 0.15) is 0 Å². The monoisotopic (exact) mass is 482 g/mol. The Morgan fingerprint density at radius 2 is 1.37 bits per heavy atom. The topological polar surface area (TPSA) is 17.8 Å². The molecule has 0 saturated heterocycles. The molecule has 0 radical (unpaired) electrons. The minimum Gasteiger partial charge on any atom is -0.305 e. The van der Waals surface area contributed by atoms with Crippen molar-refractivity contribution in [2.24, 2.45) is 0 Å². The highest BCUT2D eigenvalue weighted by Gasteiger charge is 2.21. The molecule has 2 nitrogen and oxygen atoms in total. The molecule has 0 spiro atoms. The number of aromatic nitrogens is 2. The summed E-state index contributed by atoms with van der Waals surface area (Å²) in [6, 6.07) is 36.8. The summed E-state index contributed by atoms with van der Waals surface area (Å²) in [5.74, 6) is 0. The Bertz CT molecular complexity index is 2060. The molecule has 8 rings (SSSR count). The van der Waals surface area contributed by atoms with Crippen molar-refractivity contribution < 1.29 is 0 Å². The molecule has 0 saturated carbocycles. The number of hydrogen-bond donors (Lipinski definition) is 0. The second kappa shape index (κ2) is 7.25. The first kappa shape index (κ1) is 19.3. The predicted octanol–water partition coefficient (Wildman–Crippen LogP) is 9.43. The fourth-order valence-corrected chi connectivity index (χ4v) is 7.37. The molecule has 4 heteroatoms. The molecule has 4 heterocycles. The zero-order chi connectivity index (χ0) is 22.9. The van der Waals surface area contributed by atoms with Crippen LogP contribution in [0.4, 0.5) is 0 Å². The molecule has 4 aromatic carbocycles. The zero-order valence-corrected chi connectivity index (χ0v) is 20.2. The van der Waals surface area contributed by atoms with Crippen LogP contribution < -0.4 is 0 Å². The Balaban J connectivity index is 1.59. The van der Waals surface area contributed by atoms with Gasteiger partial charge in [0.25, 0.3) is 0 Å². The van der Waals surface area contributed by atoms with Crippen molar-refractivity contribution in [1.29, 1.82) is 0 Å². The van der Waals surface area contributed by atoms with Gasteiger partial charge in [-0.3, -0.25) is 0 Å². The number of thiophene rings is 2. The van der Waals surface area contributed by atoms with Crippen molar-refractivity contribution >= 4 is 74.9 Å². The van der Waals surface area contributed by atoms with E-state index >= 15 is 0 Å². The summed E-state index contributed by atoms with van der Waals surface area (Å²) in [6.07, 6.45) is 0. The maximum absolute atomic E-state index is 5.24. The summed E-state index contributed by atoms with van der Waals surface area (Å²) < 4.78 is 6.38. The first-order valence-electron chi connectivity index (χ1n) is 11.6. The quantitative estimate of drug-likeness (QED) is 0.240. The average Bonchev–Trinajstić information content (AvgIpc) is 3.60. The molecule has 0 bridgehead atoms. The van der Waals surface area contributed by atoms with E-state index in [1.165, 1.54) is 46.8 Å². The lowest BCUT2D eigenvalue weighted by molar-refractivity contribution is 1.21. The molecule has 0 atom stereocenters. The molecule has 0 aliphatic rings. The Labute approximate surface area is 209 Å². The van der Waals surface area contributed by atoms with Crippen LogP contribution in [0.15, 0.2) is 109 Å². The van der Waals surface area contributed by atoms with Crippen molar-refractivity contribution in [2.45, 2.75) is 0 Å². The number of pyridine rings is 1. The van der Waals surface area contributed by atoms with Gasteiger partial charge in [0.2, 0.25) is 0 Å². The van der Waals surface area contributed by atoms with Crippen LogP contribution in [-0.4, -0.2) is 9.55 Å². The largest absolute Gasteiger partial charge is 0.305 e. The van der Waals surface area contributed by atoms with E-state index in [0.29, 0.717) is 0 Å². The van der Waals surface area contributed by atoms with E-state index in [2.05, 4.69) is 107 Å². The molecule has 0 N–H and O–H groups in total. The minimum atomic E-state index is 1.00. The highest BCUT2D eigenvalue weighted by molar-refractivity contribution is 7.26. The Kier molecular flexibility index (Phi) is 4.01. The van der Waals surface area contributed by atoms with Gasteiger partial charge in [0, 0.05) is 46.6 Å². The van der Waals surface area contributed by atoms with Crippen LogP contribution in [0, 0.1) is 0 Å². The molecule has 164 valence electrons. The number of fused-ring (bicyclic) bond motifs is 8. The van der Waals surface area contributed by atoms with Crippen LogP contribution in [0.25, 0.3) is 69.1 Å². The number of rotatable bonds is 2. The first-order valence-corrected chi connectivity index (χ1v) is 13.3. The molecule has 35 heavy (non-hydrogen) atoms. The molecular formula is C31H18N2S2. The number of hydrogen-bond acceptors (Lipinski definition) is 3. The van der Waals surface area contributed by atoms with Crippen LogP contribution in [0.2, 0.25) is 0 Å². The van der Waals surface area contributed by atoms with E-state index in [-0.39, 0.29) is 0 Å². The van der Waals surface area contributed by atoms with Crippen molar-refractivity contribution in [2.75, 3.05) is 0 Å². The lowest BCUT2D eigenvalue weighted by Crippen LogP contribution is -1.93.